The van der Waals surface area contributed by atoms with E-state index in [0.29, 0.717) is 27.9 Å². The zero-order chi connectivity index (χ0) is 16.4. The van der Waals surface area contributed by atoms with Gasteiger partial charge in [-0.1, -0.05) is 0 Å². The number of amides is 1. The van der Waals surface area contributed by atoms with Crippen molar-refractivity contribution in [2.45, 2.75) is 33.9 Å². The first-order valence-corrected chi connectivity index (χ1v) is 8.09. The highest BCUT2D eigenvalue weighted by Crippen LogP contribution is 2.29. The third-order valence-electron chi connectivity index (χ3n) is 3.40. The van der Waals surface area contributed by atoms with Crippen LogP contribution in [0.5, 0.6) is 0 Å². The van der Waals surface area contributed by atoms with Gasteiger partial charge in [-0.15, -0.1) is 21.5 Å². The fourth-order valence-corrected chi connectivity index (χ4v) is 3.13. The summed E-state index contributed by atoms with van der Waals surface area (Å²) in [6, 6.07) is 3.74. The summed E-state index contributed by atoms with van der Waals surface area (Å²) in [5, 5.41) is 11.4. The van der Waals surface area contributed by atoms with Gasteiger partial charge in [-0.25, -0.2) is 4.98 Å². The Morgan fingerprint density at radius 1 is 1.39 bits per heavy atom. The molecule has 7 nitrogen and oxygen atoms in total. The van der Waals surface area contributed by atoms with E-state index < -0.39 is 0 Å². The van der Waals surface area contributed by atoms with Crippen LogP contribution in [0.3, 0.4) is 0 Å². The number of carbonyl (C=O) groups excluding carboxylic acids is 1. The summed E-state index contributed by atoms with van der Waals surface area (Å²) in [7, 11) is 0. The molecular weight excluding hydrogens is 314 g/mol. The van der Waals surface area contributed by atoms with E-state index in [1.807, 2.05) is 37.5 Å². The Bertz CT molecular complexity index is 833. The second kappa shape index (κ2) is 6.33. The highest BCUT2D eigenvalue weighted by molar-refractivity contribution is 7.17. The second-order valence-electron chi connectivity index (χ2n) is 5.06. The van der Waals surface area contributed by atoms with Gasteiger partial charge in [-0.3, -0.25) is 4.79 Å². The van der Waals surface area contributed by atoms with Crippen LogP contribution in [-0.2, 0) is 13.1 Å². The van der Waals surface area contributed by atoms with Crippen molar-refractivity contribution in [1.29, 1.82) is 0 Å². The molecule has 3 heterocycles. The molecule has 0 radical (unpaired) electrons. The molecule has 3 rings (SSSR count). The average molecular weight is 331 g/mol. The number of thiazole rings is 1. The lowest BCUT2D eigenvalue weighted by atomic mass is 10.3. The zero-order valence-electron chi connectivity index (χ0n) is 13.2. The number of nitrogens with one attached hydrogen (secondary N) is 1. The maximum Gasteiger partial charge on any atom is 0.263 e. The molecule has 0 saturated heterocycles. The minimum absolute atomic E-state index is 0.166. The Kier molecular flexibility index (Phi) is 4.24. The molecule has 0 spiro atoms. The number of hydrogen-bond acceptors (Lipinski definition) is 6. The van der Waals surface area contributed by atoms with Gasteiger partial charge in [0.05, 0.1) is 12.2 Å². The SMILES string of the molecule is CCn1cnnc1CNC(=O)c1sc(-c2ccc(C)o2)nc1C. The monoisotopic (exact) mass is 331 g/mol. The first kappa shape index (κ1) is 15.4. The van der Waals surface area contributed by atoms with Gasteiger partial charge in [0.1, 0.15) is 17.0 Å². The predicted octanol–water partition coefficient (Wildman–Crippen LogP) is 2.56. The minimum Gasteiger partial charge on any atom is -0.459 e. The topological polar surface area (TPSA) is 85.8 Å². The molecular formula is C15H17N5O2S. The van der Waals surface area contributed by atoms with Crippen molar-refractivity contribution < 1.29 is 9.21 Å². The Hall–Kier alpha value is -2.48. The van der Waals surface area contributed by atoms with E-state index in [2.05, 4.69) is 20.5 Å². The smallest absolute Gasteiger partial charge is 0.263 e. The molecule has 0 bridgehead atoms. The third-order valence-corrected chi connectivity index (χ3v) is 4.57. The largest absolute Gasteiger partial charge is 0.459 e. The summed E-state index contributed by atoms with van der Waals surface area (Å²) in [5.41, 5.74) is 0.688. The molecule has 0 aliphatic heterocycles. The molecule has 0 atom stereocenters. The van der Waals surface area contributed by atoms with Crippen LogP contribution in [0.4, 0.5) is 0 Å². The van der Waals surface area contributed by atoms with Crippen LogP contribution in [0.1, 0.15) is 33.9 Å². The number of hydrogen-bond donors (Lipinski definition) is 1. The van der Waals surface area contributed by atoms with Crippen molar-refractivity contribution in [3.63, 3.8) is 0 Å². The molecule has 23 heavy (non-hydrogen) atoms. The van der Waals surface area contributed by atoms with E-state index in [-0.39, 0.29) is 5.91 Å². The molecule has 1 amide bonds. The molecule has 0 aromatic carbocycles. The average Bonchev–Trinajstić information content (AvgIpc) is 3.24. The number of carbonyl (C=O) groups is 1. The first-order chi connectivity index (χ1) is 11.1. The lowest BCUT2D eigenvalue weighted by Gasteiger charge is -2.04. The van der Waals surface area contributed by atoms with Crippen LogP contribution < -0.4 is 5.32 Å². The second-order valence-corrected chi connectivity index (χ2v) is 6.06. The minimum atomic E-state index is -0.166. The normalized spacial score (nSPS) is 10.9. The van der Waals surface area contributed by atoms with E-state index in [1.165, 1.54) is 11.3 Å². The highest BCUT2D eigenvalue weighted by Gasteiger charge is 2.18. The van der Waals surface area contributed by atoms with Crippen LogP contribution in [0.2, 0.25) is 0 Å². The zero-order valence-corrected chi connectivity index (χ0v) is 14.0. The number of furan rings is 1. The number of nitrogens with zero attached hydrogens (tertiary/aromatic N) is 4. The maximum absolute atomic E-state index is 12.4. The molecule has 1 N–H and O–H groups in total. The molecule has 3 aromatic heterocycles. The lowest BCUT2D eigenvalue weighted by molar-refractivity contribution is 0.0952. The third kappa shape index (κ3) is 3.16. The number of aromatic nitrogens is 4. The van der Waals surface area contributed by atoms with E-state index in [1.54, 1.807) is 6.33 Å². The van der Waals surface area contributed by atoms with E-state index in [4.69, 9.17) is 4.42 Å². The van der Waals surface area contributed by atoms with Gasteiger partial charge in [0.2, 0.25) is 0 Å². The van der Waals surface area contributed by atoms with Crippen LogP contribution in [0.15, 0.2) is 22.9 Å². The van der Waals surface area contributed by atoms with Crippen molar-refractivity contribution in [2.75, 3.05) is 0 Å². The first-order valence-electron chi connectivity index (χ1n) is 7.27. The van der Waals surface area contributed by atoms with Gasteiger partial charge < -0.3 is 14.3 Å². The van der Waals surface area contributed by atoms with Crippen LogP contribution in [0.25, 0.3) is 10.8 Å². The Balaban J connectivity index is 1.74. The summed E-state index contributed by atoms with van der Waals surface area (Å²) < 4.78 is 7.45. The van der Waals surface area contributed by atoms with E-state index in [0.717, 1.165) is 18.1 Å². The molecule has 0 fully saturated rings. The summed E-state index contributed by atoms with van der Waals surface area (Å²) in [6.07, 6.45) is 1.65. The molecule has 120 valence electrons. The summed E-state index contributed by atoms with van der Waals surface area (Å²) >= 11 is 1.32. The van der Waals surface area contributed by atoms with Crippen LogP contribution >= 0.6 is 11.3 Å². The van der Waals surface area contributed by atoms with E-state index >= 15 is 0 Å². The summed E-state index contributed by atoms with van der Waals surface area (Å²) in [5.74, 6) is 2.06. The van der Waals surface area contributed by atoms with E-state index in [9.17, 15) is 4.79 Å². The molecule has 8 heteroatoms. The fraction of sp³-hybridized carbons (Fsp3) is 0.333. The molecule has 0 saturated carbocycles. The fourth-order valence-electron chi connectivity index (χ4n) is 2.18. The number of rotatable bonds is 5. The van der Waals surface area contributed by atoms with Crippen molar-refractivity contribution >= 4 is 17.2 Å². The van der Waals surface area contributed by atoms with Crippen molar-refractivity contribution in [2.24, 2.45) is 0 Å². The van der Waals surface area contributed by atoms with Gasteiger partial charge in [0, 0.05) is 6.54 Å². The van der Waals surface area contributed by atoms with Crippen molar-refractivity contribution in [1.82, 2.24) is 25.1 Å². The van der Waals surface area contributed by atoms with Gasteiger partial charge in [0.25, 0.3) is 5.91 Å². The maximum atomic E-state index is 12.4. The van der Waals surface area contributed by atoms with Gasteiger partial charge >= 0.3 is 0 Å². The van der Waals surface area contributed by atoms with Gasteiger partial charge in [-0.05, 0) is 32.9 Å². The molecule has 0 aliphatic carbocycles. The van der Waals surface area contributed by atoms with Crippen LogP contribution in [-0.4, -0.2) is 25.7 Å². The standard InChI is InChI=1S/C15H17N5O2S/c1-4-20-8-17-19-12(20)7-16-14(21)13-10(3)18-15(23-13)11-6-5-9(2)22-11/h5-6,8H,4,7H2,1-3H3,(H,16,21). The molecule has 0 unspecified atom stereocenters. The van der Waals surface area contributed by atoms with Gasteiger partial charge in [0.15, 0.2) is 16.6 Å². The van der Waals surface area contributed by atoms with Crippen LogP contribution in [0, 0.1) is 13.8 Å². The Morgan fingerprint density at radius 2 is 2.22 bits per heavy atom. The Morgan fingerprint density at radius 3 is 2.91 bits per heavy atom. The van der Waals surface area contributed by atoms with Crippen molar-refractivity contribution in [3.05, 3.63) is 40.6 Å². The van der Waals surface area contributed by atoms with Crippen molar-refractivity contribution in [3.8, 4) is 10.8 Å². The lowest BCUT2D eigenvalue weighted by Crippen LogP contribution is -2.24. The number of aryl methyl sites for hydroxylation is 3. The Labute approximate surface area is 137 Å². The predicted molar refractivity (Wildman–Crippen MR) is 86.2 cm³/mol. The summed E-state index contributed by atoms with van der Waals surface area (Å²) in [4.78, 5) is 17.4. The van der Waals surface area contributed by atoms with Gasteiger partial charge in [-0.2, -0.15) is 0 Å². The molecule has 0 aliphatic rings. The molecule has 3 aromatic rings. The highest BCUT2D eigenvalue weighted by atomic mass is 32.1. The summed E-state index contributed by atoms with van der Waals surface area (Å²) in [6.45, 7) is 6.79. The quantitative estimate of drug-likeness (QED) is 0.776.